The van der Waals surface area contributed by atoms with E-state index >= 15 is 0 Å². The van der Waals surface area contributed by atoms with Gasteiger partial charge in [0.1, 0.15) is 0 Å². The van der Waals surface area contributed by atoms with Gasteiger partial charge in [-0.3, -0.25) is 4.79 Å². The Morgan fingerprint density at radius 2 is 1.59 bits per heavy atom. The molecule has 0 saturated heterocycles. The minimum atomic E-state index is 0.132. The lowest BCUT2D eigenvalue weighted by atomic mass is 9.55. The van der Waals surface area contributed by atoms with E-state index in [0.29, 0.717) is 10.8 Å². The second kappa shape index (κ2) is 3.27. The SMILES string of the molecule is CC(=O)NC12CC3CC(C)(CCC(C)(C3)C1)C2. The smallest absolute Gasteiger partial charge is 0.217 e. The van der Waals surface area contributed by atoms with Crippen LogP contribution in [0.15, 0.2) is 0 Å². The number of amides is 1. The second-order valence-corrected chi connectivity index (χ2v) is 7.91. The molecule has 0 radical (unpaired) electrons. The molecule has 0 aromatic rings. The Balaban J connectivity index is 1.98. The molecule has 4 saturated carbocycles. The summed E-state index contributed by atoms with van der Waals surface area (Å²) in [5.41, 5.74) is 1.10. The molecule has 0 aromatic carbocycles. The molecular formula is C15H25NO. The monoisotopic (exact) mass is 235 g/mol. The molecule has 2 heteroatoms. The van der Waals surface area contributed by atoms with Gasteiger partial charge in [0.2, 0.25) is 5.91 Å². The van der Waals surface area contributed by atoms with Gasteiger partial charge in [0.05, 0.1) is 0 Å². The molecule has 4 bridgehead atoms. The minimum Gasteiger partial charge on any atom is -0.351 e. The number of hydrogen-bond donors (Lipinski definition) is 1. The first-order valence-electron chi connectivity index (χ1n) is 7.11. The molecule has 17 heavy (non-hydrogen) atoms. The lowest BCUT2D eigenvalue weighted by molar-refractivity contribution is -0.123. The summed E-state index contributed by atoms with van der Waals surface area (Å²) in [6, 6.07) is 0. The van der Waals surface area contributed by atoms with Crippen LogP contribution in [0.4, 0.5) is 0 Å². The molecule has 2 unspecified atom stereocenters. The summed E-state index contributed by atoms with van der Waals surface area (Å²) in [6.45, 7) is 6.58. The van der Waals surface area contributed by atoms with Crippen molar-refractivity contribution in [1.82, 2.24) is 5.32 Å². The first kappa shape index (κ1) is 11.6. The Kier molecular flexibility index (Phi) is 2.22. The molecule has 0 heterocycles. The predicted molar refractivity (Wildman–Crippen MR) is 68.6 cm³/mol. The minimum absolute atomic E-state index is 0.132. The van der Waals surface area contributed by atoms with Gasteiger partial charge in [-0.05, 0) is 61.7 Å². The van der Waals surface area contributed by atoms with E-state index in [0.717, 1.165) is 5.92 Å². The van der Waals surface area contributed by atoms with Crippen molar-refractivity contribution in [2.75, 3.05) is 0 Å². The highest BCUT2D eigenvalue weighted by molar-refractivity contribution is 5.74. The van der Waals surface area contributed by atoms with E-state index in [9.17, 15) is 4.79 Å². The maximum Gasteiger partial charge on any atom is 0.217 e. The molecular weight excluding hydrogens is 210 g/mol. The lowest BCUT2D eigenvalue weighted by Crippen LogP contribution is -2.58. The summed E-state index contributed by atoms with van der Waals surface area (Å²) in [7, 11) is 0. The molecule has 1 N–H and O–H groups in total. The van der Waals surface area contributed by atoms with Crippen molar-refractivity contribution in [3.05, 3.63) is 0 Å². The van der Waals surface area contributed by atoms with Crippen LogP contribution in [-0.4, -0.2) is 11.4 Å². The van der Waals surface area contributed by atoms with Crippen LogP contribution < -0.4 is 5.32 Å². The van der Waals surface area contributed by atoms with E-state index in [1.165, 1.54) is 44.9 Å². The normalized spacial score (nSPS) is 52.3. The summed E-state index contributed by atoms with van der Waals surface area (Å²) >= 11 is 0. The Labute approximate surface area is 105 Å². The fraction of sp³-hybridized carbons (Fsp3) is 0.933. The number of carbonyl (C=O) groups excluding carboxylic acids is 1. The summed E-state index contributed by atoms with van der Waals surface area (Å²) in [6.07, 6.45) is 9.17. The molecule has 96 valence electrons. The summed E-state index contributed by atoms with van der Waals surface area (Å²) in [4.78, 5) is 11.5. The van der Waals surface area contributed by atoms with Gasteiger partial charge in [-0.1, -0.05) is 13.8 Å². The van der Waals surface area contributed by atoms with Gasteiger partial charge in [-0.25, -0.2) is 0 Å². The lowest BCUT2D eigenvalue weighted by Gasteiger charge is -2.54. The predicted octanol–water partition coefficient (Wildman–Crippen LogP) is 3.26. The molecule has 4 fully saturated rings. The van der Waals surface area contributed by atoms with Crippen LogP contribution in [0.1, 0.15) is 65.7 Å². The van der Waals surface area contributed by atoms with E-state index in [-0.39, 0.29) is 11.4 Å². The van der Waals surface area contributed by atoms with Gasteiger partial charge in [0.25, 0.3) is 0 Å². The van der Waals surface area contributed by atoms with Crippen molar-refractivity contribution in [1.29, 1.82) is 0 Å². The standard InChI is InChI=1S/C15H25NO/c1-11(17)16-15-8-12-6-13(2,9-15)4-5-14(3,7-12)10-15/h12H,4-10H2,1-3H3,(H,16,17). The average molecular weight is 235 g/mol. The van der Waals surface area contributed by atoms with Crippen LogP contribution in [-0.2, 0) is 4.79 Å². The zero-order valence-corrected chi connectivity index (χ0v) is 11.4. The van der Waals surface area contributed by atoms with Gasteiger partial charge in [0, 0.05) is 12.5 Å². The van der Waals surface area contributed by atoms with Crippen LogP contribution in [0.25, 0.3) is 0 Å². The van der Waals surface area contributed by atoms with E-state index < -0.39 is 0 Å². The third-order valence-electron chi connectivity index (χ3n) is 5.55. The number of carbonyl (C=O) groups is 1. The summed E-state index contributed by atoms with van der Waals surface area (Å²) in [5, 5.41) is 3.34. The van der Waals surface area contributed by atoms with E-state index in [1.807, 2.05) is 0 Å². The molecule has 0 aromatic heterocycles. The Morgan fingerprint density at radius 1 is 1.06 bits per heavy atom. The first-order chi connectivity index (χ1) is 7.82. The number of fused-ring (bicyclic) bond motifs is 1. The van der Waals surface area contributed by atoms with Crippen LogP contribution in [0.5, 0.6) is 0 Å². The van der Waals surface area contributed by atoms with E-state index in [2.05, 4.69) is 19.2 Å². The molecule has 4 rings (SSSR count). The maximum atomic E-state index is 11.5. The number of rotatable bonds is 1. The molecule has 2 atom stereocenters. The van der Waals surface area contributed by atoms with Gasteiger partial charge < -0.3 is 5.32 Å². The molecule has 4 aliphatic carbocycles. The fourth-order valence-corrected chi connectivity index (χ4v) is 5.65. The highest BCUT2D eigenvalue weighted by Gasteiger charge is 2.56. The molecule has 0 spiro atoms. The molecule has 2 nitrogen and oxygen atoms in total. The molecule has 4 aliphatic rings. The second-order valence-electron chi connectivity index (χ2n) is 7.91. The summed E-state index contributed by atoms with van der Waals surface area (Å²) in [5.74, 6) is 1.01. The van der Waals surface area contributed by atoms with Crippen molar-refractivity contribution < 1.29 is 4.79 Å². The zero-order chi connectivity index (χ0) is 12.3. The molecule has 1 amide bonds. The van der Waals surface area contributed by atoms with Crippen molar-refractivity contribution >= 4 is 5.91 Å². The largest absolute Gasteiger partial charge is 0.351 e. The Hall–Kier alpha value is -0.530. The van der Waals surface area contributed by atoms with E-state index in [1.54, 1.807) is 6.92 Å². The van der Waals surface area contributed by atoms with Crippen molar-refractivity contribution in [3.63, 3.8) is 0 Å². The van der Waals surface area contributed by atoms with Crippen LogP contribution >= 0.6 is 0 Å². The van der Waals surface area contributed by atoms with Crippen LogP contribution in [0.2, 0.25) is 0 Å². The Bertz CT molecular complexity index is 342. The van der Waals surface area contributed by atoms with E-state index in [4.69, 9.17) is 0 Å². The topological polar surface area (TPSA) is 29.1 Å². The van der Waals surface area contributed by atoms with Gasteiger partial charge in [0.15, 0.2) is 0 Å². The van der Waals surface area contributed by atoms with Crippen LogP contribution in [0.3, 0.4) is 0 Å². The van der Waals surface area contributed by atoms with Crippen molar-refractivity contribution in [2.24, 2.45) is 16.7 Å². The third-order valence-corrected chi connectivity index (χ3v) is 5.55. The average Bonchev–Trinajstić information content (AvgIpc) is 2.22. The first-order valence-corrected chi connectivity index (χ1v) is 7.11. The molecule has 0 aliphatic heterocycles. The number of hydrogen-bond acceptors (Lipinski definition) is 1. The van der Waals surface area contributed by atoms with Gasteiger partial charge in [-0.2, -0.15) is 0 Å². The quantitative estimate of drug-likeness (QED) is 0.742. The zero-order valence-electron chi connectivity index (χ0n) is 11.4. The third kappa shape index (κ3) is 1.90. The summed E-state index contributed by atoms with van der Waals surface area (Å²) < 4.78 is 0. The van der Waals surface area contributed by atoms with Crippen molar-refractivity contribution in [3.8, 4) is 0 Å². The van der Waals surface area contributed by atoms with Gasteiger partial charge >= 0.3 is 0 Å². The highest BCUT2D eigenvalue weighted by atomic mass is 16.1. The van der Waals surface area contributed by atoms with Crippen LogP contribution in [0, 0.1) is 16.7 Å². The van der Waals surface area contributed by atoms with Crippen molar-refractivity contribution in [2.45, 2.75) is 71.3 Å². The Morgan fingerprint density at radius 3 is 2.06 bits per heavy atom. The van der Waals surface area contributed by atoms with Gasteiger partial charge in [-0.15, -0.1) is 0 Å². The number of nitrogens with one attached hydrogen (secondary N) is 1. The fourth-order valence-electron chi connectivity index (χ4n) is 5.65. The highest BCUT2D eigenvalue weighted by Crippen LogP contribution is 2.62. The maximum absolute atomic E-state index is 11.5.